The van der Waals surface area contributed by atoms with Gasteiger partial charge < -0.3 is 4.42 Å². The van der Waals surface area contributed by atoms with Gasteiger partial charge >= 0.3 is 0 Å². The first-order valence-electron chi connectivity index (χ1n) is 5.47. The SMILES string of the molecule is O=C(c1cc2cc(Cl)ccc2o1)C1CCC1. The van der Waals surface area contributed by atoms with Gasteiger partial charge in [-0.15, -0.1) is 0 Å². The quantitative estimate of drug-likeness (QED) is 0.734. The molecule has 3 heteroatoms. The Labute approximate surface area is 98.2 Å². The molecule has 82 valence electrons. The molecule has 0 spiro atoms. The molecule has 2 aromatic rings. The fourth-order valence-electron chi connectivity index (χ4n) is 2.01. The first-order chi connectivity index (χ1) is 7.74. The van der Waals surface area contributed by atoms with Crippen LogP contribution in [0.15, 0.2) is 28.7 Å². The lowest BCUT2D eigenvalue weighted by molar-refractivity contribution is 0.0828. The van der Waals surface area contributed by atoms with Crippen molar-refractivity contribution in [1.29, 1.82) is 0 Å². The summed E-state index contributed by atoms with van der Waals surface area (Å²) in [6, 6.07) is 7.18. The lowest BCUT2D eigenvalue weighted by atomic mass is 9.81. The number of rotatable bonds is 2. The van der Waals surface area contributed by atoms with Gasteiger partial charge in [-0.2, -0.15) is 0 Å². The molecule has 16 heavy (non-hydrogen) atoms. The largest absolute Gasteiger partial charge is 0.453 e. The maximum Gasteiger partial charge on any atom is 0.201 e. The van der Waals surface area contributed by atoms with E-state index in [0.29, 0.717) is 10.8 Å². The van der Waals surface area contributed by atoms with Gasteiger partial charge in [0, 0.05) is 16.3 Å². The van der Waals surface area contributed by atoms with Crippen LogP contribution in [0, 0.1) is 5.92 Å². The van der Waals surface area contributed by atoms with Crippen molar-refractivity contribution in [2.45, 2.75) is 19.3 Å². The molecule has 0 saturated heterocycles. The monoisotopic (exact) mass is 234 g/mol. The third-order valence-corrected chi connectivity index (χ3v) is 3.43. The molecule has 0 amide bonds. The molecule has 0 N–H and O–H groups in total. The van der Waals surface area contributed by atoms with Crippen LogP contribution in [0.1, 0.15) is 29.8 Å². The van der Waals surface area contributed by atoms with E-state index < -0.39 is 0 Å². The highest BCUT2D eigenvalue weighted by Gasteiger charge is 2.28. The standard InChI is InChI=1S/C13H11ClO2/c14-10-4-5-11-9(6-10)7-12(16-11)13(15)8-2-1-3-8/h4-8H,1-3H2. The number of carbonyl (C=O) groups is 1. The molecule has 1 aromatic carbocycles. The maximum atomic E-state index is 12.0. The summed E-state index contributed by atoms with van der Waals surface area (Å²) in [5.41, 5.74) is 0.729. The number of halogens is 1. The number of benzene rings is 1. The lowest BCUT2D eigenvalue weighted by Gasteiger charge is -2.22. The molecular weight excluding hydrogens is 224 g/mol. The summed E-state index contributed by atoms with van der Waals surface area (Å²) in [6.45, 7) is 0. The van der Waals surface area contributed by atoms with E-state index in [-0.39, 0.29) is 11.7 Å². The summed E-state index contributed by atoms with van der Waals surface area (Å²) in [5, 5.41) is 1.56. The highest BCUT2D eigenvalue weighted by Crippen LogP contribution is 2.32. The minimum absolute atomic E-state index is 0.138. The summed E-state index contributed by atoms with van der Waals surface area (Å²) >= 11 is 5.88. The molecule has 1 saturated carbocycles. The smallest absolute Gasteiger partial charge is 0.201 e. The molecule has 1 aliphatic rings. The summed E-state index contributed by atoms with van der Waals surface area (Å²) < 4.78 is 5.53. The van der Waals surface area contributed by atoms with Crippen molar-refractivity contribution in [2.24, 2.45) is 5.92 Å². The third kappa shape index (κ3) is 1.54. The zero-order valence-corrected chi connectivity index (χ0v) is 9.46. The van der Waals surface area contributed by atoms with Crippen LogP contribution in [0.3, 0.4) is 0 Å². The molecule has 0 bridgehead atoms. The Morgan fingerprint density at radius 3 is 2.81 bits per heavy atom. The van der Waals surface area contributed by atoms with Gasteiger partial charge in [-0.05, 0) is 37.1 Å². The van der Waals surface area contributed by atoms with Crippen LogP contribution in [0.2, 0.25) is 5.02 Å². The van der Waals surface area contributed by atoms with E-state index >= 15 is 0 Å². The van der Waals surface area contributed by atoms with Crippen LogP contribution < -0.4 is 0 Å². The molecule has 3 rings (SSSR count). The van der Waals surface area contributed by atoms with Gasteiger partial charge in [0.15, 0.2) is 5.76 Å². The first-order valence-corrected chi connectivity index (χ1v) is 5.85. The fraction of sp³-hybridized carbons (Fsp3) is 0.308. The second-order valence-electron chi connectivity index (χ2n) is 4.28. The summed E-state index contributed by atoms with van der Waals surface area (Å²) in [7, 11) is 0. The number of carbonyl (C=O) groups excluding carboxylic acids is 1. The van der Waals surface area contributed by atoms with Crippen molar-refractivity contribution in [3.8, 4) is 0 Å². The highest BCUT2D eigenvalue weighted by molar-refractivity contribution is 6.31. The van der Waals surface area contributed by atoms with E-state index in [1.54, 1.807) is 18.2 Å². The van der Waals surface area contributed by atoms with E-state index in [9.17, 15) is 4.79 Å². The Bertz CT molecular complexity index is 552. The van der Waals surface area contributed by atoms with Crippen LogP contribution in [-0.2, 0) is 0 Å². The van der Waals surface area contributed by atoms with Crippen LogP contribution in [0.5, 0.6) is 0 Å². The molecule has 1 aliphatic carbocycles. The van der Waals surface area contributed by atoms with E-state index in [1.165, 1.54) is 0 Å². The zero-order valence-electron chi connectivity index (χ0n) is 8.70. The lowest BCUT2D eigenvalue weighted by Crippen LogP contribution is -2.21. The molecule has 2 nitrogen and oxygen atoms in total. The molecule has 1 aromatic heterocycles. The number of hydrogen-bond acceptors (Lipinski definition) is 2. The molecule has 0 radical (unpaired) electrons. The predicted molar refractivity (Wildman–Crippen MR) is 62.9 cm³/mol. The highest BCUT2D eigenvalue weighted by atomic mass is 35.5. The van der Waals surface area contributed by atoms with Gasteiger partial charge in [-0.25, -0.2) is 0 Å². The Kier molecular flexibility index (Phi) is 2.25. The van der Waals surface area contributed by atoms with Crippen molar-refractivity contribution in [2.75, 3.05) is 0 Å². The molecule has 1 fully saturated rings. The van der Waals surface area contributed by atoms with Crippen molar-refractivity contribution in [3.63, 3.8) is 0 Å². The fourth-order valence-corrected chi connectivity index (χ4v) is 2.19. The van der Waals surface area contributed by atoms with Crippen LogP contribution in [0.4, 0.5) is 0 Å². The second-order valence-corrected chi connectivity index (χ2v) is 4.72. The van der Waals surface area contributed by atoms with E-state index in [0.717, 1.165) is 30.2 Å². The van der Waals surface area contributed by atoms with Crippen molar-refractivity contribution in [1.82, 2.24) is 0 Å². The third-order valence-electron chi connectivity index (χ3n) is 3.20. The number of fused-ring (bicyclic) bond motifs is 1. The van der Waals surface area contributed by atoms with Gasteiger partial charge in [-0.3, -0.25) is 4.79 Å². The average molecular weight is 235 g/mol. The molecule has 0 atom stereocenters. The van der Waals surface area contributed by atoms with Crippen molar-refractivity contribution < 1.29 is 9.21 Å². The number of ketones is 1. The van der Waals surface area contributed by atoms with Crippen LogP contribution >= 0.6 is 11.6 Å². The molecule has 1 heterocycles. The van der Waals surface area contributed by atoms with Gasteiger partial charge in [0.1, 0.15) is 5.58 Å². The van der Waals surface area contributed by atoms with E-state index in [4.69, 9.17) is 16.0 Å². The first kappa shape index (κ1) is 9.91. The molecule has 0 aliphatic heterocycles. The molecular formula is C13H11ClO2. The molecule has 0 unspecified atom stereocenters. The van der Waals surface area contributed by atoms with Crippen molar-refractivity contribution >= 4 is 28.4 Å². The van der Waals surface area contributed by atoms with Gasteiger partial charge in [0.05, 0.1) is 0 Å². The second kappa shape index (κ2) is 3.63. The normalized spacial score (nSPS) is 16.3. The van der Waals surface area contributed by atoms with E-state index in [2.05, 4.69) is 0 Å². The Balaban J connectivity index is 2.01. The summed E-state index contributed by atoms with van der Waals surface area (Å²) in [6.07, 6.45) is 3.15. The minimum atomic E-state index is 0.138. The maximum absolute atomic E-state index is 12.0. The topological polar surface area (TPSA) is 30.2 Å². The number of furan rings is 1. The summed E-state index contributed by atoms with van der Waals surface area (Å²) in [5.74, 6) is 0.788. The Hall–Kier alpha value is -1.28. The van der Waals surface area contributed by atoms with Gasteiger partial charge in [-0.1, -0.05) is 18.0 Å². The van der Waals surface area contributed by atoms with Gasteiger partial charge in [0.2, 0.25) is 5.78 Å². The Morgan fingerprint density at radius 2 is 2.12 bits per heavy atom. The Morgan fingerprint density at radius 1 is 1.31 bits per heavy atom. The van der Waals surface area contributed by atoms with Gasteiger partial charge in [0.25, 0.3) is 0 Å². The average Bonchev–Trinajstić information content (AvgIpc) is 2.57. The zero-order chi connectivity index (χ0) is 11.1. The van der Waals surface area contributed by atoms with E-state index in [1.807, 2.05) is 6.07 Å². The van der Waals surface area contributed by atoms with Crippen LogP contribution in [0.25, 0.3) is 11.0 Å². The predicted octanol–water partition coefficient (Wildman–Crippen LogP) is 4.07. The van der Waals surface area contributed by atoms with Crippen molar-refractivity contribution in [3.05, 3.63) is 35.0 Å². The summed E-state index contributed by atoms with van der Waals surface area (Å²) in [4.78, 5) is 12.0. The number of Topliss-reactive ketones (excluding diaryl/α,β-unsaturated/α-hetero) is 1. The number of hydrogen-bond donors (Lipinski definition) is 0. The van der Waals surface area contributed by atoms with Crippen LogP contribution in [-0.4, -0.2) is 5.78 Å². The minimum Gasteiger partial charge on any atom is -0.453 e.